The molecule has 0 spiro atoms. The van der Waals surface area contributed by atoms with E-state index in [9.17, 15) is 32.6 Å². The molecule has 2 rings (SSSR count). The molecule has 0 saturated carbocycles. The van der Waals surface area contributed by atoms with Crippen LogP contribution in [0.1, 0.15) is 12.5 Å². The van der Waals surface area contributed by atoms with E-state index < -0.39 is 46.1 Å². The highest BCUT2D eigenvalue weighted by atomic mass is 19.2. The summed E-state index contributed by atoms with van der Waals surface area (Å²) in [6.45, 7) is 1.29. The van der Waals surface area contributed by atoms with Crippen molar-refractivity contribution in [3.05, 3.63) is 58.8 Å². The van der Waals surface area contributed by atoms with Crippen molar-refractivity contribution in [2.75, 3.05) is 6.61 Å². The van der Waals surface area contributed by atoms with Crippen LogP contribution in [-0.2, 0) is 9.53 Å². The van der Waals surface area contributed by atoms with Crippen LogP contribution in [-0.4, -0.2) is 34.0 Å². The summed E-state index contributed by atoms with van der Waals surface area (Å²) in [6, 6.07) is 2.80. The molecule has 27 heavy (non-hydrogen) atoms. The third-order valence-electron chi connectivity index (χ3n) is 3.19. The highest BCUT2D eigenvalue weighted by Crippen LogP contribution is 2.26. The molecule has 0 atom stereocenters. The van der Waals surface area contributed by atoms with E-state index in [4.69, 9.17) is 0 Å². The minimum atomic E-state index is -2.17. The van der Waals surface area contributed by atoms with Crippen LogP contribution < -0.4 is 0 Å². The fraction of sp³-hybridized carbons (Fsp3) is 0.118. The maximum Gasteiger partial charge on any atom is 0.343 e. The van der Waals surface area contributed by atoms with Gasteiger partial charge in [-0.25, -0.2) is 32.3 Å². The van der Waals surface area contributed by atoms with Crippen LogP contribution in [0, 0.1) is 23.3 Å². The topological polar surface area (TPSA) is 92.0 Å². The van der Waals surface area contributed by atoms with Crippen molar-refractivity contribution in [2.24, 2.45) is 4.99 Å². The lowest BCUT2D eigenvalue weighted by Gasteiger charge is -2.09. The number of aliphatic hydroxyl groups excluding tert-OH is 1. The number of rotatable bonds is 5. The summed E-state index contributed by atoms with van der Waals surface area (Å²) >= 11 is 0. The van der Waals surface area contributed by atoms with Gasteiger partial charge in [-0.1, -0.05) is 0 Å². The number of pyridine rings is 1. The minimum Gasteiger partial charge on any atom is -0.506 e. The van der Waals surface area contributed by atoms with E-state index in [-0.39, 0.29) is 24.2 Å². The second-order valence-corrected chi connectivity index (χ2v) is 4.93. The maximum atomic E-state index is 13.9. The maximum absolute atomic E-state index is 13.9. The average molecular weight is 384 g/mol. The van der Waals surface area contributed by atoms with Crippen molar-refractivity contribution < 1.29 is 37.3 Å². The normalized spacial score (nSPS) is 12.2. The lowest BCUT2D eigenvalue weighted by molar-refractivity contribution is -0.137. The first-order chi connectivity index (χ1) is 12.8. The highest BCUT2D eigenvalue weighted by Gasteiger charge is 2.25. The lowest BCUT2D eigenvalue weighted by Crippen LogP contribution is -2.12. The molecule has 0 radical (unpaired) electrons. The molecule has 1 aromatic carbocycles. The number of nitrogens with zero attached hydrogens (tertiary/aromatic N) is 2. The number of aromatic hydroxyl groups is 1. The minimum absolute atomic E-state index is 0.146. The number of aliphatic hydroxyl groups is 1. The summed E-state index contributed by atoms with van der Waals surface area (Å²) in [4.78, 5) is 19.4. The summed E-state index contributed by atoms with van der Waals surface area (Å²) in [5.41, 5.74) is -1.92. The monoisotopic (exact) mass is 384 g/mol. The van der Waals surface area contributed by atoms with E-state index >= 15 is 0 Å². The zero-order chi connectivity index (χ0) is 20.1. The van der Waals surface area contributed by atoms with Crippen molar-refractivity contribution in [2.45, 2.75) is 6.92 Å². The van der Waals surface area contributed by atoms with Gasteiger partial charge in [0.25, 0.3) is 0 Å². The first kappa shape index (κ1) is 19.9. The van der Waals surface area contributed by atoms with Crippen LogP contribution >= 0.6 is 0 Å². The number of carbonyl (C=O) groups is 1. The molecule has 142 valence electrons. The molecule has 0 amide bonds. The number of esters is 1. The number of carbonyl (C=O) groups excluding carboxylic acids is 1. The molecule has 2 N–H and O–H groups in total. The Bertz CT molecular complexity index is 945. The van der Waals surface area contributed by atoms with E-state index in [1.807, 2.05) is 0 Å². The molecule has 1 aromatic heterocycles. The fourth-order valence-corrected chi connectivity index (χ4v) is 1.92. The van der Waals surface area contributed by atoms with Crippen molar-refractivity contribution in [3.8, 4) is 5.75 Å². The summed E-state index contributed by atoms with van der Waals surface area (Å²) in [5.74, 6) is -11.0. The number of benzene rings is 1. The number of ether oxygens (including phenoxy) is 1. The standard InChI is InChI=1S/C17H12F4N2O4/c1-2-27-17(26)9(7-23-16-11(24)4-3-5-22-16)15(25)8-6-10(18)13(20)14(21)12(8)19/h3-7,24-25H,2H2,1H3/b15-9-,23-7+. The summed E-state index contributed by atoms with van der Waals surface area (Å²) in [5, 5.41) is 19.8. The second kappa shape index (κ2) is 8.30. The molecule has 0 aliphatic carbocycles. The average Bonchev–Trinajstić information content (AvgIpc) is 2.64. The van der Waals surface area contributed by atoms with Gasteiger partial charge in [-0.2, -0.15) is 0 Å². The zero-order valence-corrected chi connectivity index (χ0v) is 13.7. The van der Waals surface area contributed by atoms with E-state index in [1.54, 1.807) is 0 Å². The van der Waals surface area contributed by atoms with Gasteiger partial charge in [0.15, 0.2) is 34.8 Å². The lowest BCUT2D eigenvalue weighted by atomic mass is 10.1. The Balaban J connectivity index is 2.63. The molecule has 0 saturated heterocycles. The van der Waals surface area contributed by atoms with Gasteiger partial charge in [-0.15, -0.1) is 0 Å². The number of hydrogen-bond donors (Lipinski definition) is 2. The summed E-state index contributed by atoms with van der Waals surface area (Å²) in [7, 11) is 0. The SMILES string of the molecule is CCOC(=O)C(/C=N/c1ncccc1O)=C(\O)c1cc(F)c(F)c(F)c1F. The smallest absolute Gasteiger partial charge is 0.343 e. The molecule has 6 nitrogen and oxygen atoms in total. The molecule has 1 heterocycles. The Morgan fingerprint density at radius 2 is 1.96 bits per heavy atom. The van der Waals surface area contributed by atoms with Crippen molar-refractivity contribution in [3.63, 3.8) is 0 Å². The summed E-state index contributed by atoms with van der Waals surface area (Å²) in [6.07, 6.45) is 1.93. The Kier molecular flexibility index (Phi) is 6.11. The van der Waals surface area contributed by atoms with E-state index in [1.165, 1.54) is 25.3 Å². The van der Waals surface area contributed by atoms with Crippen molar-refractivity contribution >= 4 is 23.8 Å². The second-order valence-electron chi connectivity index (χ2n) is 4.93. The quantitative estimate of drug-likeness (QED) is 0.156. The van der Waals surface area contributed by atoms with E-state index in [0.717, 1.165) is 0 Å². The number of aromatic nitrogens is 1. The first-order valence-electron chi connectivity index (χ1n) is 7.39. The fourth-order valence-electron chi connectivity index (χ4n) is 1.92. The Hall–Kier alpha value is -3.43. The van der Waals surface area contributed by atoms with E-state index in [0.29, 0.717) is 6.21 Å². The van der Waals surface area contributed by atoms with Crippen LogP contribution in [0.25, 0.3) is 5.76 Å². The summed E-state index contributed by atoms with van der Waals surface area (Å²) < 4.78 is 58.5. The molecule has 0 aliphatic rings. The number of aliphatic imine (C=N–C) groups is 1. The highest BCUT2D eigenvalue weighted by molar-refractivity contribution is 6.15. The van der Waals surface area contributed by atoms with Gasteiger partial charge in [0.1, 0.15) is 11.3 Å². The molecule has 0 fully saturated rings. The predicted octanol–water partition coefficient (Wildman–Crippen LogP) is 3.58. The number of hydrogen-bond acceptors (Lipinski definition) is 6. The van der Waals surface area contributed by atoms with Crippen LogP contribution in [0.3, 0.4) is 0 Å². The van der Waals surface area contributed by atoms with E-state index in [2.05, 4.69) is 14.7 Å². The van der Waals surface area contributed by atoms with Gasteiger partial charge in [0, 0.05) is 12.4 Å². The van der Waals surface area contributed by atoms with Gasteiger partial charge in [-0.05, 0) is 25.1 Å². The first-order valence-corrected chi connectivity index (χ1v) is 7.39. The molecular weight excluding hydrogens is 372 g/mol. The molecule has 0 unspecified atom stereocenters. The molecule has 0 bridgehead atoms. The molecule has 10 heteroatoms. The van der Waals surface area contributed by atoms with Crippen LogP contribution in [0.4, 0.5) is 23.4 Å². The van der Waals surface area contributed by atoms with Gasteiger partial charge in [-0.3, -0.25) is 0 Å². The molecule has 2 aromatic rings. The van der Waals surface area contributed by atoms with Crippen molar-refractivity contribution in [1.82, 2.24) is 4.98 Å². The van der Waals surface area contributed by atoms with Crippen molar-refractivity contribution in [1.29, 1.82) is 0 Å². The van der Waals surface area contributed by atoms with Gasteiger partial charge >= 0.3 is 5.97 Å². The van der Waals surface area contributed by atoms with Crippen LogP contribution in [0.5, 0.6) is 5.75 Å². The zero-order valence-electron chi connectivity index (χ0n) is 13.7. The third-order valence-corrected chi connectivity index (χ3v) is 3.19. The van der Waals surface area contributed by atoms with Crippen LogP contribution in [0.2, 0.25) is 0 Å². The van der Waals surface area contributed by atoms with Crippen LogP contribution in [0.15, 0.2) is 35.0 Å². The Morgan fingerprint density at radius 1 is 1.26 bits per heavy atom. The molecule has 0 aliphatic heterocycles. The third kappa shape index (κ3) is 4.22. The predicted molar refractivity (Wildman–Crippen MR) is 86.5 cm³/mol. The Morgan fingerprint density at radius 3 is 2.59 bits per heavy atom. The Labute approximate surface area is 150 Å². The molecular formula is C17H12F4N2O4. The largest absolute Gasteiger partial charge is 0.506 e. The number of halogens is 4. The van der Waals surface area contributed by atoms with Gasteiger partial charge in [0.2, 0.25) is 0 Å². The van der Waals surface area contributed by atoms with Gasteiger partial charge in [0.05, 0.1) is 12.2 Å². The van der Waals surface area contributed by atoms with Gasteiger partial charge < -0.3 is 14.9 Å².